The van der Waals surface area contributed by atoms with Crippen molar-refractivity contribution < 1.29 is 14.4 Å². The number of non-ortho nitro benzene ring substituents is 1. The van der Waals surface area contributed by atoms with Gasteiger partial charge in [0.05, 0.1) is 11.5 Å². The number of nitro benzene ring substituents is 1. The summed E-state index contributed by atoms with van der Waals surface area (Å²) in [5.74, 6) is 0.342. The lowest BCUT2D eigenvalue weighted by Crippen LogP contribution is -2.20. The Hall–Kier alpha value is -3.92. The summed E-state index contributed by atoms with van der Waals surface area (Å²) in [5, 5.41) is 21.3. The number of benzene rings is 2. The van der Waals surface area contributed by atoms with Crippen molar-refractivity contribution >= 4 is 17.8 Å². The van der Waals surface area contributed by atoms with Gasteiger partial charge in [-0.15, -0.1) is 0 Å². The zero-order valence-electron chi connectivity index (χ0n) is 16.4. The monoisotopic (exact) mass is 401 g/mol. The minimum absolute atomic E-state index is 0.0194. The zero-order chi connectivity index (χ0) is 21.1. The van der Waals surface area contributed by atoms with Crippen molar-refractivity contribution in [3.05, 3.63) is 92.4 Å². The fourth-order valence-corrected chi connectivity index (χ4v) is 3.91. The van der Waals surface area contributed by atoms with Crippen LogP contribution in [0.3, 0.4) is 0 Å². The number of ether oxygens (including phenoxy) is 2. The minimum atomic E-state index is -0.471. The fraction of sp³-hybridized carbons (Fsp3) is 0.217. The van der Waals surface area contributed by atoms with Crippen LogP contribution in [-0.2, 0) is 15.9 Å². The highest BCUT2D eigenvalue weighted by Gasteiger charge is 2.37. The number of nitriles is 1. The van der Waals surface area contributed by atoms with Crippen molar-refractivity contribution in [1.29, 1.82) is 5.26 Å². The number of nitro groups is 1. The third-order valence-electron chi connectivity index (χ3n) is 5.23. The van der Waals surface area contributed by atoms with E-state index >= 15 is 0 Å². The molecule has 7 heteroatoms. The largest absolute Gasteiger partial charge is 0.483 e. The summed E-state index contributed by atoms with van der Waals surface area (Å²) in [6, 6.07) is 16.6. The summed E-state index contributed by atoms with van der Waals surface area (Å²) >= 11 is 0. The van der Waals surface area contributed by atoms with Gasteiger partial charge >= 0.3 is 0 Å². The van der Waals surface area contributed by atoms with Crippen molar-refractivity contribution in [2.24, 2.45) is 4.99 Å². The quantitative estimate of drug-likeness (QED) is 0.308. The van der Waals surface area contributed by atoms with Gasteiger partial charge in [0.1, 0.15) is 17.4 Å². The maximum absolute atomic E-state index is 11.3. The van der Waals surface area contributed by atoms with Gasteiger partial charge in [0.15, 0.2) is 6.40 Å². The number of aryl methyl sites for hydroxylation is 1. The second-order valence-corrected chi connectivity index (χ2v) is 6.92. The van der Waals surface area contributed by atoms with E-state index < -0.39 is 10.8 Å². The first kappa shape index (κ1) is 19.4. The molecule has 0 fully saturated rings. The van der Waals surface area contributed by atoms with Crippen molar-refractivity contribution in [1.82, 2.24) is 0 Å². The van der Waals surface area contributed by atoms with E-state index in [0.717, 1.165) is 23.1 Å². The highest BCUT2D eigenvalue weighted by atomic mass is 16.6. The van der Waals surface area contributed by atoms with E-state index in [1.54, 1.807) is 12.1 Å². The Labute approximate surface area is 173 Å². The molecule has 0 N–H and O–H groups in total. The smallest absolute Gasteiger partial charge is 0.269 e. The standard InChI is InChI=1S/C23H19N3O4/c1-2-29-14-25-23-20(13-24)21(16-7-5-8-17(12-16)26(27)28)19-11-10-15-6-3-4-9-18(15)22(19)30-23/h3-9,12,14,21H,2,10-11H2,1H3/b25-14+. The van der Waals surface area contributed by atoms with Crippen LogP contribution in [0, 0.1) is 21.4 Å². The molecule has 1 atom stereocenters. The molecular weight excluding hydrogens is 382 g/mol. The van der Waals surface area contributed by atoms with E-state index in [1.807, 2.05) is 25.1 Å². The van der Waals surface area contributed by atoms with Crippen LogP contribution in [0.2, 0.25) is 0 Å². The molecule has 7 nitrogen and oxygen atoms in total. The Kier molecular flexibility index (Phi) is 5.31. The highest BCUT2D eigenvalue weighted by molar-refractivity contribution is 5.74. The lowest BCUT2D eigenvalue weighted by molar-refractivity contribution is -0.384. The van der Waals surface area contributed by atoms with E-state index in [2.05, 4.69) is 17.1 Å². The molecule has 2 aliphatic rings. The van der Waals surface area contributed by atoms with E-state index in [4.69, 9.17) is 9.47 Å². The molecular formula is C23H19N3O4. The first-order chi connectivity index (χ1) is 14.6. The van der Waals surface area contributed by atoms with Crippen LogP contribution in [0.1, 0.15) is 36.0 Å². The van der Waals surface area contributed by atoms with Crippen LogP contribution in [0.4, 0.5) is 5.69 Å². The molecule has 0 amide bonds. The first-order valence-corrected chi connectivity index (χ1v) is 9.66. The number of hydrogen-bond acceptors (Lipinski definition) is 6. The molecule has 2 aromatic carbocycles. The third-order valence-corrected chi connectivity index (χ3v) is 5.23. The Bertz CT molecular complexity index is 1140. The van der Waals surface area contributed by atoms with Crippen molar-refractivity contribution in [2.75, 3.05) is 6.61 Å². The van der Waals surface area contributed by atoms with Crippen LogP contribution in [0.15, 0.2) is 70.6 Å². The Balaban J connectivity index is 1.91. The second-order valence-electron chi connectivity index (χ2n) is 6.92. The average Bonchev–Trinajstić information content (AvgIpc) is 2.78. The van der Waals surface area contributed by atoms with Crippen molar-refractivity contribution in [3.63, 3.8) is 0 Å². The Morgan fingerprint density at radius 2 is 2.13 bits per heavy atom. The molecule has 30 heavy (non-hydrogen) atoms. The fourth-order valence-electron chi connectivity index (χ4n) is 3.91. The van der Waals surface area contributed by atoms with Gasteiger partial charge in [-0.2, -0.15) is 10.3 Å². The van der Waals surface area contributed by atoms with Gasteiger partial charge in [-0.1, -0.05) is 36.4 Å². The summed E-state index contributed by atoms with van der Waals surface area (Å²) in [7, 11) is 0. The summed E-state index contributed by atoms with van der Waals surface area (Å²) in [6.07, 6.45) is 2.75. The molecule has 2 aromatic rings. The molecule has 0 spiro atoms. The predicted octanol–water partition coefficient (Wildman–Crippen LogP) is 4.87. The van der Waals surface area contributed by atoms with Crippen LogP contribution in [0.25, 0.3) is 5.76 Å². The molecule has 1 aliphatic carbocycles. The van der Waals surface area contributed by atoms with E-state index in [-0.39, 0.29) is 11.6 Å². The van der Waals surface area contributed by atoms with Gasteiger partial charge in [0.25, 0.3) is 5.69 Å². The van der Waals surface area contributed by atoms with Gasteiger partial charge in [0, 0.05) is 23.6 Å². The Morgan fingerprint density at radius 1 is 1.30 bits per heavy atom. The van der Waals surface area contributed by atoms with Crippen LogP contribution in [0.5, 0.6) is 0 Å². The molecule has 0 saturated heterocycles. The number of hydrogen-bond donors (Lipinski definition) is 0. The van der Waals surface area contributed by atoms with Gasteiger partial charge in [-0.25, -0.2) is 0 Å². The van der Waals surface area contributed by atoms with Crippen LogP contribution >= 0.6 is 0 Å². The predicted molar refractivity (Wildman–Crippen MR) is 111 cm³/mol. The van der Waals surface area contributed by atoms with Gasteiger partial charge in [0.2, 0.25) is 5.88 Å². The molecule has 0 aromatic heterocycles. The van der Waals surface area contributed by atoms with Crippen molar-refractivity contribution in [2.45, 2.75) is 25.7 Å². The van der Waals surface area contributed by atoms with E-state index in [9.17, 15) is 15.4 Å². The number of rotatable bonds is 5. The Morgan fingerprint density at radius 3 is 2.90 bits per heavy atom. The zero-order valence-corrected chi connectivity index (χ0v) is 16.4. The number of fused-ring (bicyclic) bond motifs is 2. The molecule has 1 heterocycles. The average molecular weight is 401 g/mol. The summed E-state index contributed by atoms with van der Waals surface area (Å²) in [5.41, 5.74) is 4.00. The topological polar surface area (TPSA) is 97.8 Å². The third kappa shape index (κ3) is 3.44. The SMILES string of the molecule is CCO/C=N/C1=C(C#N)C(c2cccc([N+](=O)[O-])c2)C2=C(O1)c1ccccc1CC2. The van der Waals surface area contributed by atoms with E-state index in [0.29, 0.717) is 29.9 Å². The van der Waals surface area contributed by atoms with Gasteiger partial charge < -0.3 is 9.47 Å². The highest BCUT2D eigenvalue weighted by Crippen LogP contribution is 2.48. The second kappa shape index (κ2) is 8.21. The van der Waals surface area contributed by atoms with Crippen LogP contribution < -0.4 is 0 Å². The normalized spacial score (nSPS) is 17.8. The number of aliphatic imine (C=N–C) groups is 1. The number of nitrogens with zero attached hydrogens (tertiary/aromatic N) is 3. The summed E-state index contributed by atoms with van der Waals surface area (Å²) in [4.78, 5) is 15.1. The number of allylic oxidation sites excluding steroid dienone is 2. The lowest BCUT2D eigenvalue weighted by Gasteiger charge is -2.32. The molecule has 0 bridgehead atoms. The maximum atomic E-state index is 11.3. The summed E-state index contributed by atoms with van der Waals surface area (Å²) < 4.78 is 11.3. The molecule has 0 radical (unpaired) electrons. The minimum Gasteiger partial charge on any atom is -0.483 e. The molecule has 1 unspecified atom stereocenters. The van der Waals surface area contributed by atoms with Gasteiger partial charge in [-0.05, 0) is 36.5 Å². The molecule has 0 saturated carbocycles. The van der Waals surface area contributed by atoms with Crippen molar-refractivity contribution in [3.8, 4) is 6.07 Å². The summed E-state index contributed by atoms with van der Waals surface area (Å²) in [6.45, 7) is 2.26. The molecule has 4 rings (SSSR count). The lowest BCUT2D eigenvalue weighted by atomic mass is 9.76. The first-order valence-electron chi connectivity index (χ1n) is 9.66. The van der Waals surface area contributed by atoms with Gasteiger partial charge in [-0.3, -0.25) is 10.1 Å². The maximum Gasteiger partial charge on any atom is 0.269 e. The molecule has 1 aliphatic heterocycles. The molecule has 150 valence electrons. The van der Waals surface area contributed by atoms with E-state index in [1.165, 1.54) is 18.5 Å². The van der Waals surface area contributed by atoms with Crippen LogP contribution in [-0.4, -0.2) is 17.9 Å².